The molecule has 154 valence electrons. The molecule has 0 unspecified atom stereocenters. The van der Waals surface area contributed by atoms with Gasteiger partial charge in [-0.15, -0.1) is 0 Å². The third kappa shape index (κ3) is 3.15. The number of aromatic amines is 1. The van der Waals surface area contributed by atoms with E-state index < -0.39 is 5.60 Å². The lowest BCUT2D eigenvalue weighted by molar-refractivity contribution is -0.143. The Morgan fingerprint density at radius 3 is 2.27 bits per heavy atom. The van der Waals surface area contributed by atoms with Gasteiger partial charge in [-0.2, -0.15) is 0 Å². The molecule has 1 aromatic heterocycles. The monoisotopic (exact) mass is 407 g/mol. The van der Waals surface area contributed by atoms with Gasteiger partial charge >= 0.3 is 0 Å². The number of H-pyrrole nitrogens is 1. The van der Waals surface area contributed by atoms with Crippen LogP contribution < -0.4 is 0 Å². The molecule has 5 rings (SSSR count). The van der Waals surface area contributed by atoms with Crippen LogP contribution in [0.4, 0.5) is 4.39 Å². The van der Waals surface area contributed by atoms with Crippen molar-refractivity contribution in [3.05, 3.63) is 60.0 Å². The number of carbonyl (C=O) groups is 2. The molecule has 2 aromatic carbocycles. The van der Waals surface area contributed by atoms with Gasteiger partial charge in [0.2, 0.25) is 0 Å². The van der Waals surface area contributed by atoms with Gasteiger partial charge in [0, 0.05) is 48.9 Å². The number of aliphatic hydroxyl groups is 1. The lowest BCUT2D eigenvalue weighted by atomic mass is 10.0. The Kier molecular flexibility index (Phi) is 4.36. The fraction of sp³-hybridized carbons (Fsp3) is 0.304. The van der Waals surface area contributed by atoms with Crippen molar-refractivity contribution in [2.24, 2.45) is 0 Å². The average Bonchev–Trinajstić information content (AvgIpc) is 3.34. The molecular formula is C23H22FN3O3. The fourth-order valence-corrected chi connectivity index (χ4v) is 4.03. The number of halogens is 1. The number of nitrogens with one attached hydrogen (secondary N) is 1. The minimum absolute atomic E-state index is 0.112. The van der Waals surface area contributed by atoms with Crippen molar-refractivity contribution in [2.75, 3.05) is 26.2 Å². The maximum atomic E-state index is 14.8. The molecule has 7 heteroatoms. The topological polar surface area (TPSA) is 76.6 Å². The van der Waals surface area contributed by atoms with E-state index in [9.17, 15) is 19.1 Å². The average molecular weight is 407 g/mol. The van der Waals surface area contributed by atoms with Gasteiger partial charge in [-0.25, -0.2) is 4.39 Å². The normalized spacial score (nSPS) is 17.9. The van der Waals surface area contributed by atoms with Crippen molar-refractivity contribution >= 4 is 22.7 Å². The van der Waals surface area contributed by atoms with Crippen LogP contribution in [0.1, 0.15) is 23.2 Å². The minimum Gasteiger partial charge on any atom is -0.380 e. The molecule has 2 aliphatic rings. The van der Waals surface area contributed by atoms with E-state index in [1.165, 1.54) is 0 Å². The summed E-state index contributed by atoms with van der Waals surface area (Å²) in [6.07, 6.45) is 2.75. The molecule has 0 atom stereocenters. The molecule has 0 radical (unpaired) electrons. The predicted octanol–water partition coefficient (Wildman–Crippen LogP) is 2.78. The number of carbonyl (C=O) groups excluding carboxylic acids is 2. The van der Waals surface area contributed by atoms with Crippen molar-refractivity contribution in [1.82, 2.24) is 14.8 Å². The molecule has 1 aliphatic heterocycles. The summed E-state index contributed by atoms with van der Waals surface area (Å²) in [4.78, 5) is 31.3. The summed E-state index contributed by atoms with van der Waals surface area (Å²) in [7, 11) is 0. The molecule has 0 spiro atoms. The van der Waals surface area contributed by atoms with Gasteiger partial charge in [-0.05, 0) is 36.6 Å². The maximum absolute atomic E-state index is 14.8. The standard InChI is InChI=1S/C23H22FN3O3/c24-19-18(6-5-16-7-10-25-20(16)19)15-1-3-17(4-2-15)21(28)26-11-13-27(14-12-26)22(29)23(30)8-9-23/h1-7,10,25,30H,8-9,11-14H2. The van der Waals surface area contributed by atoms with Crippen molar-refractivity contribution in [2.45, 2.75) is 18.4 Å². The summed E-state index contributed by atoms with van der Waals surface area (Å²) in [6.45, 7) is 1.71. The highest BCUT2D eigenvalue weighted by atomic mass is 19.1. The Morgan fingerprint density at radius 2 is 1.60 bits per heavy atom. The van der Waals surface area contributed by atoms with Crippen molar-refractivity contribution < 1.29 is 19.1 Å². The Balaban J connectivity index is 1.28. The molecule has 1 saturated heterocycles. The molecule has 0 bridgehead atoms. The van der Waals surface area contributed by atoms with E-state index in [0.29, 0.717) is 61.2 Å². The molecule has 2 fully saturated rings. The predicted molar refractivity (Wildman–Crippen MR) is 110 cm³/mol. The number of fused-ring (bicyclic) bond motifs is 1. The largest absolute Gasteiger partial charge is 0.380 e. The molecule has 2 heterocycles. The summed E-state index contributed by atoms with van der Waals surface area (Å²) >= 11 is 0. The van der Waals surface area contributed by atoms with Gasteiger partial charge in [0.1, 0.15) is 5.60 Å². The molecule has 3 aromatic rings. The highest BCUT2D eigenvalue weighted by molar-refractivity contribution is 5.95. The summed E-state index contributed by atoms with van der Waals surface area (Å²) in [5.74, 6) is -0.645. The number of nitrogens with zero attached hydrogens (tertiary/aromatic N) is 2. The first-order valence-corrected chi connectivity index (χ1v) is 10.1. The minimum atomic E-state index is -1.17. The van der Waals surface area contributed by atoms with Gasteiger partial charge in [0.25, 0.3) is 11.8 Å². The highest BCUT2D eigenvalue weighted by Gasteiger charge is 2.50. The van der Waals surface area contributed by atoms with Crippen LogP contribution in [0.15, 0.2) is 48.7 Å². The summed E-state index contributed by atoms with van der Waals surface area (Å²) in [6, 6.07) is 12.4. The second-order valence-corrected chi connectivity index (χ2v) is 8.06. The first-order chi connectivity index (χ1) is 14.5. The summed E-state index contributed by atoms with van der Waals surface area (Å²) in [5.41, 5.74) is 1.01. The number of piperazine rings is 1. The zero-order valence-corrected chi connectivity index (χ0v) is 16.4. The van der Waals surface area contributed by atoms with Crippen molar-refractivity contribution in [3.63, 3.8) is 0 Å². The second-order valence-electron chi connectivity index (χ2n) is 8.06. The quantitative estimate of drug-likeness (QED) is 0.701. The summed E-state index contributed by atoms with van der Waals surface area (Å²) < 4.78 is 14.8. The van der Waals surface area contributed by atoms with Crippen LogP contribution in [-0.2, 0) is 4.79 Å². The number of rotatable bonds is 3. The van der Waals surface area contributed by atoms with Crippen LogP contribution in [0.5, 0.6) is 0 Å². The maximum Gasteiger partial charge on any atom is 0.254 e. The van der Waals surface area contributed by atoms with Gasteiger partial charge in [0.15, 0.2) is 5.82 Å². The third-order valence-corrected chi connectivity index (χ3v) is 6.08. The zero-order chi connectivity index (χ0) is 20.9. The number of amides is 2. The Bertz CT molecular complexity index is 1130. The van der Waals surface area contributed by atoms with E-state index in [1.54, 1.807) is 46.3 Å². The van der Waals surface area contributed by atoms with E-state index >= 15 is 0 Å². The highest BCUT2D eigenvalue weighted by Crippen LogP contribution is 2.37. The van der Waals surface area contributed by atoms with Crippen molar-refractivity contribution in [3.8, 4) is 11.1 Å². The number of hydrogen-bond acceptors (Lipinski definition) is 3. The van der Waals surface area contributed by atoms with Crippen LogP contribution in [0.3, 0.4) is 0 Å². The molecule has 1 saturated carbocycles. The van der Waals surface area contributed by atoms with E-state index in [4.69, 9.17) is 0 Å². The van der Waals surface area contributed by atoms with Gasteiger partial charge in [-0.3, -0.25) is 9.59 Å². The van der Waals surface area contributed by atoms with Crippen molar-refractivity contribution in [1.29, 1.82) is 0 Å². The van der Waals surface area contributed by atoms with Crippen LogP contribution in [0, 0.1) is 5.82 Å². The molecular weight excluding hydrogens is 385 g/mol. The summed E-state index contributed by atoms with van der Waals surface area (Å²) in [5, 5.41) is 10.8. The molecule has 2 amide bonds. The van der Waals surface area contributed by atoms with E-state index in [2.05, 4.69) is 4.98 Å². The van der Waals surface area contributed by atoms with Crippen LogP contribution in [-0.4, -0.2) is 63.5 Å². The lowest BCUT2D eigenvalue weighted by Crippen LogP contribution is -2.53. The fourth-order valence-electron chi connectivity index (χ4n) is 4.03. The number of benzene rings is 2. The molecule has 1 aliphatic carbocycles. The van der Waals surface area contributed by atoms with Gasteiger partial charge in [0.05, 0.1) is 5.52 Å². The Labute approximate surface area is 172 Å². The van der Waals surface area contributed by atoms with E-state index in [-0.39, 0.29) is 17.6 Å². The molecule has 2 N–H and O–H groups in total. The third-order valence-electron chi connectivity index (χ3n) is 6.08. The zero-order valence-electron chi connectivity index (χ0n) is 16.4. The molecule has 30 heavy (non-hydrogen) atoms. The van der Waals surface area contributed by atoms with Crippen LogP contribution in [0.2, 0.25) is 0 Å². The van der Waals surface area contributed by atoms with Gasteiger partial charge < -0.3 is 19.9 Å². The number of aromatic nitrogens is 1. The van der Waals surface area contributed by atoms with Gasteiger partial charge in [-0.1, -0.05) is 24.3 Å². The first-order valence-electron chi connectivity index (χ1n) is 10.1. The van der Waals surface area contributed by atoms with Crippen LogP contribution >= 0.6 is 0 Å². The smallest absolute Gasteiger partial charge is 0.254 e. The second kappa shape index (κ2) is 6.95. The van der Waals surface area contributed by atoms with E-state index in [1.807, 2.05) is 12.1 Å². The first kappa shape index (κ1) is 18.8. The Hall–Kier alpha value is -3.19. The number of hydrogen-bond donors (Lipinski definition) is 2. The van der Waals surface area contributed by atoms with E-state index in [0.717, 1.165) is 5.39 Å². The SMILES string of the molecule is O=C(c1ccc(-c2ccc3cc[nH]c3c2F)cc1)N1CCN(C(=O)C2(O)CC2)CC1. The van der Waals surface area contributed by atoms with Crippen LogP contribution in [0.25, 0.3) is 22.0 Å². The Morgan fingerprint density at radius 1 is 0.933 bits per heavy atom. The molecule has 6 nitrogen and oxygen atoms in total. The lowest BCUT2D eigenvalue weighted by Gasteiger charge is -2.35.